The lowest BCUT2D eigenvalue weighted by molar-refractivity contribution is -0.135. The van der Waals surface area contributed by atoms with Crippen molar-refractivity contribution in [3.63, 3.8) is 0 Å². The summed E-state index contributed by atoms with van der Waals surface area (Å²) in [6.45, 7) is 3.73. The Kier molecular flexibility index (Phi) is 5.19. The molecule has 0 radical (unpaired) electrons. The Bertz CT molecular complexity index is 200. The Morgan fingerprint density at radius 1 is 1.55 bits per heavy atom. The van der Waals surface area contributed by atoms with Crippen LogP contribution in [0.2, 0.25) is 0 Å². The highest BCUT2D eigenvalue weighted by molar-refractivity contribution is 14.1. The highest BCUT2D eigenvalue weighted by Crippen LogP contribution is 2.09. The van der Waals surface area contributed by atoms with Crippen LogP contribution in [-0.2, 0) is 9.53 Å². The molecule has 0 amide bonds. The monoisotopic (exact) mass is 266 g/mol. The van der Waals surface area contributed by atoms with E-state index in [1.807, 2.05) is 13.8 Å². The van der Waals surface area contributed by atoms with E-state index in [0.29, 0.717) is 5.57 Å². The first-order valence-electron chi connectivity index (χ1n) is 3.20. The molecule has 0 heterocycles. The van der Waals surface area contributed by atoms with Gasteiger partial charge in [-0.3, -0.25) is 0 Å². The molecular formula is C8H11IO2. The molecule has 0 atom stereocenters. The molecule has 0 saturated heterocycles. The molecule has 0 aromatic rings. The van der Waals surface area contributed by atoms with E-state index in [9.17, 15) is 4.79 Å². The predicted molar refractivity (Wildman–Crippen MR) is 53.6 cm³/mol. The van der Waals surface area contributed by atoms with E-state index in [-0.39, 0.29) is 5.97 Å². The van der Waals surface area contributed by atoms with E-state index in [4.69, 9.17) is 0 Å². The van der Waals surface area contributed by atoms with Crippen molar-refractivity contribution < 1.29 is 9.53 Å². The summed E-state index contributed by atoms with van der Waals surface area (Å²) in [6, 6.07) is 0. The summed E-state index contributed by atoms with van der Waals surface area (Å²) < 4.78 is 5.61. The fraction of sp³-hybridized carbons (Fsp3) is 0.375. The highest BCUT2D eigenvalue weighted by Gasteiger charge is 2.03. The molecule has 0 aliphatic carbocycles. The van der Waals surface area contributed by atoms with Gasteiger partial charge < -0.3 is 4.74 Å². The van der Waals surface area contributed by atoms with Gasteiger partial charge in [0.1, 0.15) is 0 Å². The Morgan fingerprint density at radius 2 is 2.09 bits per heavy atom. The van der Waals surface area contributed by atoms with Crippen LogP contribution < -0.4 is 0 Å². The number of ether oxygens (including phenoxy) is 1. The summed E-state index contributed by atoms with van der Waals surface area (Å²) in [6.07, 6.45) is 3.51. The number of carbonyl (C=O) groups is 1. The van der Waals surface area contributed by atoms with Crippen LogP contribution in [0.1, 0.15) is 13.8 Å². The van der Waals surface area contributed by atoms with Gasteiger partial charge in [0.25, 0.3) is 0 Å². The molecule has 3 heteroatoms. The Labute approximate surface area is 80.5 Å². The molecule has 62 valence electrons. The summed E-state index contributed by atoms with van der Waals surface area (Å²) in [7, 11) is 1.38. The van der Waals surface area contributed by atoms with Crippen molar-refractivity contribution in [3.05, 3.63) is 21.3 Å². The van der Waals surface area contributed by atoms with E-state index in [1.54, 1.807) is 12.2 Å². The van der Waals surface area contributed by atoms with Gasteiger partial charge in [0.05, 0.1) is 12.7 Å². The van der Waals surface area contributed by atoms with Gasteiger partial charge in [-0.25, -0.2) is 4.79 Å². The second-order valence-corrected chi connectivity index (χ2v) is 3.67. The standard InChI is InChI=1S/C8H11IO2/c1-4-7(5-6(2)9)8(10)11-3/h4-5H,1-3H3/b6-5-,7-4+. The number of allylic oxidation sites excluding steroid dienone is 2. The van der Waals surface area contributed by atoms with Gasteiger partial charge in [0, 0.05) is 0 Å². The quantitative estimate of drug-likeness (QED) is 0.332. The molecule has 0 aliphatic rings. The molecule has 11 heavy (non-hydrogen) atoms. The van der Waals surface area contributed by atoms with Gasteiger partial charge in [-0.1, -0.05) is 6.08 Å². The average molecular weight is 266 g/mol. The molecule has 0 rings (SSSR count). The van der Waals surface area contributed by atoms with Crippen molar-refractivity contribution in [2.75, 3.05) is 7.11 Å². The summed E-state index contributed by atoms with van der Waals surface area (Å²) in [4.78, 5) is 10.9. The number of hydrogen-bond donors (Lipinski definition) is 0. The molecular weight excluding hydrogens is 255 g/mol. The van der Waals surface area contributed by atoms with Gasteiger partial charge >= 0.3 is 5.97 Å². The van der Waals surface area contributed by atoms with E-state index in [0.717, 1.165) is 3.58 Å². The Morgan fingerprint density at radius 3 is 2.36 bits per heavy atom. The minimum absolute atomic E-state index is 0.288. The van der Waals surface area contributed by atoms with Gasteiger partial charge in [0.2, 0.25) is 0 Å². The Balaban J connectivity index is 4.45. The third-order valence-corrected chi connectivity index (χ3v) is 1.40. The summed E-state index contributed by atoms with van der Waals surface area (Å²) in [5.41, 5.74) is 0.597. The second-order valence-electron chi connectivity index (χ2n) is 1.97. The molecule has 0 unspecified atom stereocenters. The molecule has 0 aromatic carbocycles. The zero-order valence-electron chi connectivity index (χ0n) is 6.85. The molecule has 0 aromatic heterocycles. The zero-order valence-corrected chi connectivity index (χ0v) is 9.01. The van der Waals surface area contributed by atoms with Crippen molar-refractivity contribution in [1.82, 2.24) is 0 Å². The number of hydrogen-bond acceptors (Lipinski definition) is 2. The maximum absolute atomic E-state index is 10.9. The third-order valence-electron chi connectivity index (χ3n) is 1.09. The maximum Gasteiger partial charge on any atom is 0.337 e. The summed E-state index contributed by atoms with van der Waals surface area (Å²) in [5.74, 6) is -0.288. The fourth-order valence-electron chi connectivity index (χ4n) is 0.592. The van der Waals surface area contributed by atoms with E-state index < -0.39 is 0 Å². The lowest BCUT2D eigenvalue weighted by Gasteiger charge is -1.97. The number of halogens is 1. The molecule has 0 aliphatic heterocycles. The van der Waals surface area contributed by atoms with Crippen LogP contribution in [0.5, 0.6) is 0 Å². The molecule has 0 bridgehead atoms. The highest BCUT2D eigenvalue weighted by atomic mass is 127. The van der Waals surface area contributed by atoms with Crippen LogP contribution in [-0.4, -0.2) is 13.1 Å². The SMILES string of the molecule is C/C=C(\C=C(\C)I)C(=O)OC. The average Bonchev–Trinajstić information content (AvgIpc) is 1.98. The van der Waals surface area contributed by atoms with Crippen molar-refractivity contribution in [2.45, 2.75) is 13.8 Å². The van der Waals surface area contributed by atoms with Gasteiger partial charge in [-0.2, -0.15) is 0 Å². The first-order valence-corrected chi connectivity index (χ1v) is 4.28. The summed E-state index contributed by atoms with van der Waals surface area (Å²) in [5, 5.41) is 0. The fourth-order valence-corrected chi connectivity index (χ4v) is 0.928. The number of methoxy groups -OCH3 is 1. The lowest BCUT2D eigenvalue weighted by atomic mass is 10.2. The van der Waals surface area contributed by atoms with Crippen LogP contribution in [0.15, 0.2) is 21.3 Å². The minimum Gasteiger partial charge on any atom is -0.465 e. The van der Waals surface area contributed by atoms with Crippen LogP contribution in [0.25, 0.3) is 0 Å². The number of esters is 1. The molecule has 0 N–H and O–H groups in total. The summed E-state index contributed by atoms with van der Waals surface area (Å²) >= 11 is 2.14. The third kappa shape index (κ3) is 4.19. The van der Waals surface area contributed by atoms with Crippen LogP contribution in [0.3, 0.4) is 0 Å². The van der Waals surface area contributed by atoms with E-state index >= 15 is 0 Å². The first-order chi connectivity index (χ1) is 5.11. The van der Waals surface area contributed by atoms with Crippen molar-refractivity contribution >= 4 is 28.6 Å². The van der Waals surface area contributed by atoms with Gasteiger partial charge in [0.15, 0.2) is 0 Å². The molecule has 0 spiro atoms. The normalized spacial score (nSPS) is 13.1. The van der Waals surface area contributed by atoms with Crippen LogP contribution in [0, 0.1) is 0 Å². The molecule has 0 fully saturated rings. The maximum atomic E-state index is 10.9. The molecule has 2 nitrogen and oxygen atoms in total. The second kappa shape index (κ2) is 5.35. The van der Waals surface area contributed by atoms with E-state index in [2.05, 4.69) is 27.3 Å². The van der Waals surface area contributed by atoms with Crippen molar-refractivity contribution in [2.24, 2.45) is 0 Å². The zero-order chi connectivity index (χ0) is 8.85. The van der Waals surface area contributed by atoms with Crippen LogP contribution in [0.4, 0.5) is 0 Å². The predicted octanol–water partition coefficient (Wildman–Crippen LogP) is 2.44. The van der Waals surface area contributed by atoms with Gasteiger partial charge in [-0.05, 0) is 46.1 Å². The number of carbonyl (C=O) groups excluding carboxylic acids is 1. The van der Waals surface area contributed by atoms with Crippen molar-refractivity contribution in [1.29, 1.82) is 0 Å². The smallest absolute Gasteiger partial charge is 0.337 e. The van der Waals surface area contributed by atoms with Crippen LogP contribution >= 0.6 is 22.6 Å². The van der Waals surface area contributed by atoms with Gasteiger partial charge in [-0.15, -0.1) is 0 Å². The van der Waals surface area contributed by atoms with E-state index in [1.165, 1.54) is 7.11 Å². The first kappa shape index (κ1) is 10.7. The topological polar surface area (TPSA) is 26.3 Å². The minimum atomic E-state index is -0.288. The largest absolute Gasteiger partial charge is 0.465 e. The lowest BCUT2D eigenvalue weighted by Crippen LogP contribution is -2.02. The Hall–Kier alpha value is -0.320. The number of rotatable bonds is 2. The molecule has 0 saturated carbocycles. The van der Waals surface area contributed by atoms with Crippen molar-refractivity contribution in [3.8, 4) is 0 Å².